The van der Waals surface area contributed by atoms with Crippen molar-refractivity contribution in [3.8, 4) is 0 Å². The van der Waals surface area contributed by atoms with Gasteiger partial charge in [0, 0.05) is 18.8 Å². The molecule has 0 N–H and O–H groups in total. The zero-order valence-electron chi connectivity index (χ0n) is 16.0. The lowest BCUT2D eigenvalue weighted by atomic mass is 9.80. The average Bonchev–Trinajstić information content (AvgIpc) is 2.59. The molecule has 2 aromatic carbocycles. The molecule has 0 saturated heterocycles. The molecule has 0 radical (unpaired) electrons. The largest absolute Gasteiger partial charge is 0.372 e. The van der Waals surface area contributed by atoms with E-state index in [2.05, 4.69) is 94.1 Å². The molecular formula is C23H33N. The van der Waals surface area contributed by atoms with Gasteiger partial charge in [-0.05, 0) is 54.4 Å². The lowest BCUT2D eigenvalue weighted by Crippen LogP contribution is -2.26. The van der Waals surface area contributed by atoms with Crippen LogP contribution in [0.4, 0.5) is 5.69 Å². The highest BCUT2D eigenvalue weighted by Crippen LogP contribution is 2.29. The number of hydrogen-bond donors (Lipinski definition) is 0. The first kappa shape index (κ1) is 18.6. The molecule has 1 heteroatoms. The zero-order valence-corrected chi connectivity index (χ0v) is 16.0. The van der Waals surface area contributed by atoms with Gasteiger partial charge in [-0.3, -0.25) is 0 Å². The van der Waals surface area contributed by atoms with Crippen LogP contribution in [0.3, 0.4) is 0 Å². The molecule has 0 aliphatic carbocycles. The number of benzene rings is 2. The summed E-state index contributed by atoms with van der Waals surface area (Å²) in [4.78, 5) is 2.49. The summed E-state index contributed by atoms with van der Waals surface area (Å²) in [6.07, 6.45) is 2.42. The highest BCUT2D eigenvalue weighted by atomic mass is 15.1. The highest BCUT2D eigenvalue weighted by Gasteiger charge is 2.20. The molecule has 0 unspecified atom stereocenters. The van der Waals surface area contributed by atoms with E-state index in [1.54, 1.807) is 0 Å². The predicted octanol–water partition coefficient (Wildman–Crippen LogP) is 6.39. The summed E-state index contributed by atoms with van der Waals surface area (Å²) in [5, 5.41) is 0. The molecule has 0 amide bonds. The summed E-state index contributed by atoms with van der Waals surface area (Å²) >= 11 is 0. The maximum Gasteiger partial charge on any atom is 0.0366 e. The van der Waals surface area contributed by atoms with Crippen molar-refractivity contribution >= 4 is 5.69 Å². The first-order valence-corrected chi connectivity index (χ1v) is 9.34. The monoisotopic (exact) mass is 323 g/mol. The number of hydrogen-bond acceptors (Lipinski definition) is 1. The van der Waals surface area contributed by atoms with Crippen molar-refractivity contribution in [3.63, 3.8) is 0 Å². The third-order valence-corrected chi connectivity index (χ3v) is 5.09. The molecule has 2 aromatic rings. The molecule has 0 bridgehead atoms. The van der Waals surface area contributed by atoms with E-state index in [-0.39, 0.29) is 5.41 Å². The fourth-order valence-electron chi connectivity index (χ4n) is 3.29. The Labute approximate surface area is 148 Å². The fourth-order valence-corrected chi connectivity index (χ4v) is 3.29. The van der Waals surface area contributed by atoms with E-state index in [9.17, 15) is 0 Å². The van der Waals surface area contributed by atoms with Crippen LogP contribution in [0.15, 0.2) is 54.6 Å². The van der Waals surface area contributed by atoms with Crippen LogP contribution in [-0.4, -0.2) is 13.1 Å². The summed E-state index contributed by atoms with van der Waals surface area (Å²) in [7, 11) is 0. The predicted molar refractivity (Wildman–Crippen MR) is 107 cm³/mol. The van der Waals surface area contributed by atoms with Crippen molar-refractivity contribution < 1.29 is 0 Å². The van der Waals surface area contributed by atoms with Crippen molar-refractivity contribution in [1.82, 2.24) is 0 Å². The summed E-state index contributed by atoms with van der Waals surface area (Å²) in [6.45, 7) is 13.6. The quantitative estimate of drug-likeness (QED) is 0.543. The Kier molecular flexibility index (Phi) is 6.48. The molecule has 130 valence electrons. The van der Waals surface area contributed by atoms with Gasteiger partial charge in [-0.25, -0.2) is 0 Å². The third-order valence-electron chi connectivity index (χ3n) is 5.09. The van der Waals surface area contributed by atoms with Crippen LogP contribution in [0.1, 0.15) is 64.5 Å². The Morgan fingerprint density at radius 2 is 1.54 bits per heavy atom. The summed E-state index contributed by atoms with van der Waals surface area (Å²) in [5.74, 6) is 0.598. The van der Waals surface area contributed by atoms with Crippen LogP contribution in [0.2, 0.25) is 0 Å². The molecule has 2 rings (SSSR count). The molecule has 0 spiro atoms. The van der Waals surface area contributed by atoms with Gasteiger partial charge in [-0.15, -0.1) is 0 Å². The van der Waals surface area contributed by atoms with Gasteiger partial charge < -0.3 is 4.90 Å². The number of anilines is 1. The molecule has 0 atom stereocenters. The van der Waals surface area contributed by atoms with Crippen LogP contribution < -0.4 is 4.90 Å². The smallest absolute Gasteiger partial charge is 0.0366 e. The first-order chi connectivity index (χ1) is 11.4. The van der Waals surface area contributed by atoms with Gasteiger partial charge in [0.25, 0.3) is 0 Å². The number of rotatable bonds is 8. The maximum atomic E-state index is 2.49. The Morgan fingerprint density at radius 3 is 2.08 bits per heavy atom. The molecular weight excluding hydrogens is 290 g/mol. The van der Waals surface area contributed by atoms with Crippen molar-refractivity contribution in [2.45, 2.75) is 58.8 Å². The molecule has 0 aliphatic heterocycles. The van der Waals surface area contributed by atoms with Gasteiger partial charge >= 0.3 is 0 Å². The molecule has 1 nitrogen and oxygen atoms in total. The lowest BCUT2D eigenvalue weighted by Gasteiger charge is -2.28. The molecule has 0 heterocycles. The Balaban J connectivity index is 1.94. The van der Waals surface area contributed by atoms with E-state index in [4.69, 9.17) is 0 Å². The second-order valence-electron chi connectivity index (χ2n) is 7.68. The molecule has 0 aliphatic rings. The highest BCUT2D eigenvalue weighted by molar-refractivity contribution is 5.47. The minimum Gasteiger partial charge on any atom is -0.372 e. The summed E-state index contributed by atoms with van der Waals surface area (Å²) in [6, 6.07) is 20.0. The fraction of sp³-hybridized carbons (Fsp3) is 0.478. The van der Waals surface area contributed by atoms with Crippen LogP contribution in [0.25, 0.3) is 0 Å². The molecule has 0 saturated carbocycles. The van der Waals surface area contributed by atoms with Crippen molar-refractivity contribution in [2.24, 2.45) is 0 Å². The van der Waals surface area contributed by atoms with E-state index in [1.807, 2.05) is 0 Å². The first-order valence-electron chi connectivity index (χ1n) is 9.34. The summed E-state index contributed by atoms with van der Waals surface area (Å²) < 4.78 is 0. The van der Waals surface area contributed by atoms with Crippen molar-refractivity contribution in [3.05, 3.63) is 65.7 Å². The zero-order chi connectivity index (χ0) is 17.6. The van der Waals surface area contributed by atoms with Gasteiger partial charge in [0.1, 0.15) is 0 Å². The molecule has 0 aromatic heterocycles. The third kappa shape index (κ3) is 4.87. The van der Waals surface area contributed by atoms with Gasteiger partial charge in [0.2, 0.25) is 0 Å². The van der Waals surface area contributed by atoms with E-state index in [0.29, 0.717) is 5.92 Å². The molecule has 0 fully saturated rings. The number of nitrogens with zero attached hydrogens (tertiary/aromatic N) is 1. The van der Waals surface area contributed by atoms with Crippen LogP contribution in [0, 0.1) is 0 Å². The van der Waals surface area contributed by atoms with Gasteiger partial charge in [0.05, 0.1) is 0 Å². The van der Waals surface area contributed by atoms with Crippen molar-refractivity contribution in [2.75, 3.05) is 18.0 Å². The second kappa shape index (κ2) is 8.37. The van der Waals surface area contributed by atoms with Gasteiger partial charge in [-0.2, -0.15) is 0 Å². The van der Waals surface area contributed by atoms with E-state index in [1.165, 1.54) is 29.7 Å². The van der Waals surface area contributed by atoms with Crippen LogP contribution in [0.5, 0.6) is 0 Å². The molecule has 24 heavy (non-hydrogen) atoms. The van der Waals surface area contributed by atoms with Gasteiger partial charge in [0.15, 0.2) is 0 Å². The minimum atomic E-state index is 0.238. The Morgan fingerprint density at radius 1 is 0.917 bits per heavy atom. The topological polar surface area (TPSA) is 3.24 Å². The Hall–Kier alpha value is -1.76. The average molecular weight is 324 g/mol. The standard InChI is InChI=1S/C23H33N/c1-6-24(22-15-13-20(14-16-22)19(2)3)18-10-17-23(4,5)21-11-8-7-9-12-21/h7-9,11-16,19H,6,10,17-18H2,1-5H3. The van der Waals surface area contributed by atoms with Crippen LogP contribution in [-0.2, 0) is 5.41 Å². The maximum absolute atomic E-state index is 2.49. The van der Waals surface area contributed by atoms with E-state index < -0.39 is 0 Å². The van der Waals surface area contributed by atoms with E-state index in [0.717, 1.165) is 13.1 Å². The Bertz CT molecular complexity index is 596. The normalized spacial score (nSPS) is 11.8. The van der Waals surface area contributed by atoms with Crippen molar-refractivity contribution in [1.29, 1.82) is 0 Å². The second-order valence-corrected chi connectivity index (χ2v) is 7.68. The summed E-state index contributed by atoms with van der Waals surface area (Å²) in [5.41, 5.74) is 4.44. The van der Waals surface area contributed by atoms with Crippen LogP contribution >= 0.6 is 0 Å². The lowest BCUT2D eigenvalue weighted by molar-refractivity contribution is 0.460. The SMILES string of the molecule is CCN(CCCC(C)(C)c1ccccc1)c1ccc(C(C)C)cc1. The minimum absolute atomic E-state index is 0.238. The van der Waals surface area contributed by atoms with E-state index >= 15 is 0 Å². The van der Waals surface area contributed by atoms with Gasteiger partial charge in [-0.1, -0.05) is 70.2 Å².